The van der Waals surface area contributed by atoms with Crippen LogP contribution in [0.1, 0.15) is 25.7 Å². The van der Waals surface area contributed by atoms with Gasteiger partial charge in [0.2, 0.25) is 5.91 Å². The Hall–Kier alpha value is -0.650. The van der Waals surface area contributed by atoms with Crippen LogP contribution in [0.5, 0.6) is 0 Å². The van der Waals surface area contributed by atoms with E-state index in [9.17, 15) is 4.79 Å². The smallest absolute Gasteiger partial charge is 0.249 e. The molecule has 2 saturated heterocycles. The minimum Gasteiger partial charge on any atom is -0.382 e. The molecule has 2 fully saturated rings. The van der Waals surface area contributed by atoms with Crippen molar-refractivity contribution in [2.75, 3.05) is 26.9 Å². The molecule has 0 aliphatic carbocycles. The Morgan fingerprint density at radius 3 is 2.53 bits per heavy atom. The van der Waals surface area contributed by atoms with Gasteiger partial charge in [0.15, 0.2) is 0 Å². The van der Waals surface area contributed by atoms with E-state index in [2.05, 4.69) is 0 Å². The Labute approximate surface area is 102 Å². The van der Waals surface area contributed by atoms with Gasteiger partial charge in [0.25, 0.3) is 0 Å². The van der Waals surface area contributed by atoms with E-state index in [0.29, 0.717) is 25.3 Å². The molecular weight excluding hydrogens is 220 g/mol. The molecule has 0 aromatic carbocycles. The van der Waals surface area contributed by atoms with E-state index in [0.717, 1.165) is 25.7 Å². The van der Waals surface area contributed by atoms with Crippen molar-refractivity contribution in [1.29, 1.82) is 0 Å². The molecule has 0 saturated carbocycles. The summed E-state index contributed by atoms with van der Waals surface area (Å²) in [5.74, 6) is 0.112. The van der Waals surface area contributed by atoms with Gasteiger partial charge in [0.1, 0.15) is 6.61 Å². The highest BCUT2D eigenvalue weighted by Gasteiger charge is 2.41. The van der Waals surface area contributed by atoms with Crippen LogP contribution in [-0.2, 0) is 14.3 Å². The maximum atomic E-state index is 12.0. The standard InChI is InChI=1S/C12H22N2O3/c1-16-4-5-17-8-12(15)14-10-2-3-11(14)7-9(13)6-10/h9-11H,2-8,13H2,1H3. The molecule has 0 radical (unpaired) electrons. The fraction of sp³-hybridized carbons (Fsp3) is 0.917. The van der Waals surface area contributed by atoms with E-state index >= 15 is 0 Å². The van der Waals surface area contributed by atoms with E-state index in [4.69, 9.17) is 15.2 Å². The molecule has 2 N–H and O–H groups in total. The summed E-state index contributed by atoms with van der Waals surface area (Å²) in [7, 11) is 1.62. The summed E-state index contributed by atoms with van der Waals surface area (Å²) in [6.45, 7) is 1.18. The summed E-state index contributed by atoms with van der Waals surface area (Å²) in [6.07, 6.45) is 4.09. The molecule has 98 valence electrons. The average Bonchev–Trinajstić information content (AvgIpc) is 2.57. The number of nitrogens with two attached hydrogens (primary N) is 1. The molecule has 2 heterocycles. The van der Waals surface area contributed by atoms with E-state index < -0.39 is 0 Å². The zero-order chi connectivity index (χ0) is 12.3. The first kappa shape index (κ1) is 12.8. The first-order valence-electron chi connectivity index (χ1n) is 6.35. The lowest BCUT2D eigenvalue weighted by atomic mass is 9.98. The number of methoxy groups -OCH3 is 1. The van der Waals surface area contributed by atoms with E-state index in [1.54, 1.807) is 7.11 Å². The van der Waals surface area contributed by atoms with Gasteiger partial charge in [-0.05, 0) is 25.7 Å². The number of hydrogen-bond acceptors (Lipinski definition) is 4. The summed E-state index contributed by atoms with van der Waals surface area (Å²) >= 11 is 0. The number of fused-ring (bicyclic) bond motifs is 2. The minimum atomic E-state index is 0.112. The fourth-order valence-corrected chi connectivity index (χ4v) is 3.00. The third kappa shape index (κ3) is 2.97. The molecule has 5 heteroatoms. The fourth-order valence-electron chi connectivity index (χ4n) is 3.00. The van der Waals surface area contributed by atoms with E-state index in [1.165, 1.54) is 0 Å². The highest BCUT2D eigenvalue weighted by Crippen LogP contribution is 2.34. The van der Waals surface area contributed by atoms with E-state index in [1.807, 2.05) is 4.90 Å². The van der Waals surface area contributed by atoms with Crippen LogP contribution in [0.3, 0.4) is 0 Å². The summed E-state index contributed by atoms with van der Waals surface area (Å²) in [5, 5.41) is 0. The van der Waals surface area contributed by atoms with Gasteiger partial charge in [-0.3, -0.25) is 4.79 Å². The molecule has 0 spiro atoms. The van der Waals surface area contributed by atoms with E-state index in [-0.39, 0.29) is 18.6 Å². The molecule has 5 nitrogen and oxygen atoms in total. The van der Waals surface area contributed by atoms with Crippen LogP contribution in [0, 0.1) is 0 Å². The van der Waals surface area contributed by atoms with Crippen LogP contribution in [0.15, 0.2) is 0 Å². The average molecular weight is 242 g/mol. The lowest BCUT2D eigenvalue weighted by Crippen LogP contribution is -2.51. The van der Waals surface area contributed by atoms with Gasteiger partial charge in [-0.25, -0.2) is 0 Å². The number of carbonyl (C=O) groups is 1. The highest BCUT2D eigenvalue weighted by atomic mass is 16.5. The SMILES string of the molecule is COCCOCC(=O)N1C2CCC1CC(N)C2. The number of rotatable bonds is 5. The molecule has 2 unspecified atom stereocenters. The number of amides is 1. The topological polar surface area (TPSA) is 64.8 Å². The normalized spacial score (nSPS) is 31.9. The molecular formula is C12H22N2O3. The second-order valence-electron chi connectivity index (χ2n) is 4.96. The summed E-state index contributed by atoms with van der Waals surface area (Å²) in [6, 6.07) is 0.968. The predicted octanol–water partition coefficient (Wildman–Crippen LogP) is 0.130. The van der Waals surface area contributed by atoms with Gasteiger partial charge >= 0.3 is 0 Å². The Morgan fingerprint density at radius 2 is 1.94 bits per heavy atom. The zero-order valence-electron chi connectivity index (χ0n) is 10.4. The molecule has 2 aliphatic heterocycles. The van der Waals surface area contributed by atoms with Gasteiger partial charge < -0.3 is 20.1 Å². The largest absolute Gasteiger partial charge is 0.382 e. The second kappa shape index (κ2) is 5.80. The maximum absolute atomic E-state index is 12.0. The van der Waals surface area contributed by atoms with Gasteiger partial charge in [-0.2, -0.15) is 0 Å². The molecule has 1 amide bonds. The number of hydrogen-bond donors (Lipinski definition) is 1. The van der Waals surface area contributed by atoms with Crippen LogP contribution in [0.2, 0.25) is 0 Å². The first-order valence-corrected chi connectivity index (χ1v) is 6.35. The van der Waals surface area contributed by atoms with Crippen molar-refractivity contribution in [3.8, 4) is 0 Å². The Kier molecular flexibility index (Phi) is 4.36. The van der Waals surface area contributed by atoms with Gasteiger partial charge in [0.05, 0.1) is 13.2 Å². The van der Waals surface area contributed by atoms with Crippen molar-refractivity contribution >= 4 is 5.91 Å². The van der Waals surface area contributed by atoms with Gasteiger partial charge in [0, 0.05) is 25.2 Å². The number of carbonyl (C=O) groups excluding carboxylic acids is 1. The van der Waals surface area contributed by atoms with Crippen molar-refractivity contribution in [3.63, 3.8) is 0 Å². The van der Waals surface area contributed by atoms with Crippen LogP contribution < -0.4 is 5.73 Å². The Bertz CT molecular complexity index is 258. The van der Waals surface area contributed by atoms with Crippen molar-refractivity contribution in [3.05, 3.63) is 0 Å². The van der Waals surface area contributed by atoms with Crippen molar-refractivity contribution < 1.29 is 14.3 Å². The number of nitrogens with zero attached hydrogens (tertiary/aromatic N) is 1. The summed E-state index contributed by atoms with van der Waals surface area (Å²) in [4.78, 5) is 14.1. The first-order chi connectivity index (χ1) is 8.22. The maximum Gasteiger partial charge on any atom is 0.249 e. The molecule has 2 atom stereocenters. The van der Waals surface area contributed by atoms with Crippen molar-refractivity contribution in [2.45, 2.75) is 43.8 Å². The summed E-state index contributed by atoms with van der Waals surface area (Å²) < 4.78 is 10.2. The zero-order valence-corrected chi connectivity index (χ0v) is 10.4. The third-order valence-electron chi connectivity index (χ3n) is 3.71. The summed E-state index contributed by atoms with van der Waals surface area (Å²) in [5.41, 5.74) is 5.97. The van der Waals surface area contributed by atoms with Crippen LogP contribution >= 0.6 is 0 Å². The van der Waals surface area contributed by atoms with Crippen LogP contribution in [0.25, 0.3) is 0 Å². The highest BCUT2D eigenvalue weighted by molar-refractivity contribution is 5.78. The molecule has 0 aromatic heterocycles. The molecule has 0 aromatic rings. The van der Waals surface area contributed by atoms with Gasteiger partial charge in [-0.15, -0.1) is 0 Å². The second-order valence-corrected chi connectivity index (χ2v) is 4.96. The van der Waals surface area contributed by atoms with Crippen molar-refractivity contribution in [1.82, 2.24) is 4.90 Å². The molecule has 2 aliphatic rings. The van der Waals surface area contributed by atoms with Crippen LogP contribution in [0.4, 0.5) is 0 Å². The van der Waals surface area contributed by atoms with Gasteiger partial charge in [-0.1, -0.05) is 0 Å². The van der Waals surface area contributed by atoms with Crippen LogP contribution in [-0.4, -0.2) is 55.9 Å². The monoisotopic (exact) mass is 242 g/mol. The molecule has 2 rings (SSSR count). The Morgan fingerprint density at radius 1 is 1.29 bits per heavy atom. The molecule has 17 heavy (non-hydrogen) atoms. The minimum absolute atomic E-state index is 0.112. The third-order valence-corrected chi connectivity index (χ3v) is 3.71. The molecule has 2 bridgehead atoms. The quantitative estimate of drug-likeness (QED) is 0.696. The number of ether oxygens (including phenoxy) is 2. The lowest BCUT2D eigenvalue weighted by molar-refractivity contribution is -0.141. The Balaban J connectivity index is 1.80. The predicted molar refractivity (Wildman–Crippen MR) is 63.6 cm³/mol. The number of piperidine rings is 1. The lowest BCUT2D eigenvalue weighted by Gasteiger charge is -2.37. The van der Waals surface area contributed by atoms with Crippen molar-refractivity contribution in [2.24, 2.45) is 5.73 Å².